The number of rotatable bonds is 5. The highest BCUT2D eigenvalue weighted by molar-refractivity contribution is 6.13. The van der Waals surface area contributed by atoms with Crippen LogP contribution in [0.1, 0.15) is 49.1 Å². The lowest BCUT2D eigenvalue weighted by atomic mass is 9.97. The molecule has 0 bridgehead atoms. The monoisotopic (exact) mass is 406 g/mol. The molecule has 3 rings (SSSR count). The lowest BCUT2D eigenvalue weighted by Crippen LogP contribution is -2.06. The summed E-state index contributed by atoms with van der Waals surface area (Å²) in [4.78, 5) is 45.0. The standard InChI is InChI=1S/C21H14O5.C2H4O2/c22-18-10-8-14(9-11-18)20(24)17-3-1-2-16(12-17)19(23)13-4-6-15(7-5-13)21(25)26;1-2(3)4/h1-12,22H,(H,25,26);1H3,(H,3,4). The number of carbonyl (C=O) groups is 4. The fourth-order valence-electron chi connectivity index (χ4n) is 2.51. The fraction of sp³-hybridized carbons (Fsp3) is 0.0435. The molecule has 0 atom stereocenters. The maximum Gasteiger partial charge on any atom is 0.335 e. The number of aliphatic carboxylic acids is 1. The van der Waals surface area contributed by atoms with Crippen LogP contribution in [0, 0.1) is 0 Å². The number of carbonyl (C=O) groups excluding carboxylic acids is 2. The zero-order chi connectivity index (χ0) is 22.3. The Kier molecular flexibility index (Phi) is 7.19. The van der Waals surface area contributed by atoms with Crippen LogP contribution in [0.3, 0.4) is 0 Å². The number of carboxylic acids is 2. The Morgan fingerprint density at radius 3 is 1.37 bits per heavy atom. The number of aromatic carboxylic acids is 1. The third-order valence-corrected chi connectivity index (χ3v) is 3.91. The van der Waals surface area contributed by atoms with Gasteiger partial charge in [-0.1, -0.05) is 30.3 Å². The Bertz CT molecular complexity index is 1080. The summed E-state index contributed by atoms with van der Waals surface area (Å²) in [7, 11) is 0. The minimum Gasteiger partial charge on any atom is -0.508 e. The molecule has 0 amide bonds. The van der Waals surface area contributed by atoms with Gasteiger partial charge in [0.1, 0.15) is 5.75 Å². The van der Waals surface area contributed by atoms with Crippen molar-refractivity contribution in [1.82, 2.24) is 0 Å². The first-order chi connectivity index (χ1) is 14.2. The van der Waals surface area contributed by atoms with E-state index in [2.05, 4.69) is 0 Å². The highest BCUT2D eigenvalue weighted by atomic mass is 16.4. The van der Waals surface area contributed by atoms with Gasteiger partial charge >= 0.3 is 5.97 Å². The topological polar surface area (TPSA) is 129 Å². The number of phenolic OH excluding ortho intramolecular Hbond substituents is 1. The van der Waals surface area contributed by atoms with Gasteiger partial charge in [0.25, 0.3) is 5.97 Å². The van der Waals surface area contributed by atoms with Gasteiger partial charge in [0, 0.05) is 29.2 Å². The van der Waals surface area contributed by atoms with Crippen LogP contribution in [0.15, 0.2) is 72.8 Å². The molecule has 0 aliphatic heterocycles. The zero-order valence-corrected chi connectivity index (χ0v) is 15.9. The maximum atomic E-state index is 12.6. The van der Waals surface area contributed by atoms with E-state index in [1.165, 1.54) is 54.6 Å². The van der Waals surface area contributed by atoms with Crippen molar-refractivity contribution in [3.63, 3.8) is 0 Å². The Labute approximate surface area is 171 Å². The van der Waals surface area contributed by atoms with E-state index in [9.17, 15) is 19.5 Å². The predicted octanol–water partition coefficient (Wildman–Crippen LogP) is 3.64. The number of aromatic hydroxyl groups is 1. The maximum absolute atomic E-state index is 12.6. The van der Waals surface area contributed by atoms with Crippen LogP contribution >= 0.6 is 0 Å². The van der Waals surface area contributed by atoms with E-state index < -0.39 is 11.9 Å². The second-order valence-corrected chi connectivity index (χ2v) is 6.19. The molecule has 3 aromatic carbocycles. The molecule has 0 fully saturated rings. The molecular weight excluding hydrogens is 388 g/mol. The molecule has 0 aromatic heterocycles. The molecule has 0 saturated carbocycles. The van der Waals surface area contributed by atoms with Crippen molar-refractivity contribution >= 4 is 23.5 Å². The second-order valence-electron chi connectivity index (χ2n) is 6.19. The van der Waals surface area contributed by atoms with Gasteiger partial charge in [-0.15, -0.1) is 0 Å². The van der Waals surface area contributed by atoms with Gasteiger partial charge < -0.3 is 15.3 Å². The molecule has 0 radical (unpaired) electrons. The van der Waals surface area contributed by atoms with Crippen LogP contribution < -0.4 is 0 Å². The predicted molar refractivity (Wildman–Crippen MR) is 108 cm³/mol. The van der Waals surface area contributed by atoms with Crippen LogP contribution in [0.5, 0.6) is 5.75 Å². The number of phenols is 1. The molecule has 0 aliphatic rings. The van der Waals surface area contributed by atoms with Crippen molar-refractivity contribution in [3.8, 4) is 5.75 Å². The van der Waals surface area contributed by atoms with E-state index in [4.69, 9.17) is 15.0 Å². The first-order valence-corrected chi connectivity index (χ1v) is 8.70. The Morgan fingerprint density at radius 2 is 0.967 bits per heavy atom. The van der Waals surface area contributed by atoms with E-state index >= 15 is 0 Å². The first-order valence-electron chi connectivity index (χ1n) is 8.70. The lowest BCUT2D eigenvalue weighted by Gasteiger charge is -2.06. The van der Waals surface area contributed by atoms with Crippen molar-refractivity contribution in [2.24, 2.45) is 0 Å². The van der Waals surface area contributed by atoms with E-state index in [-0.39, 0.29) is 22.9 Å². The van der Waals surface area contributed by atoms with Gasteiger partial charge in [0.2, 0.25) is 0 Å². The number of benzene rings is 3. The number of ketones is 2. The molecule has 7 heteroatoms. The van der Waals surface area contributed by atoms with E-state index in [1.54, 1.807) is 18.2 Å². The van der Waals surface area contributed by atoms with Crippen LogP contribution in [0.4, 0.5) is 0 Å². The smallest absolute Gasteiger partial charge is 0.335 e. The third kappa shape index (κ3) is 5.87. The highest BCUT2D eigenvalue weighted by Crippen LogP contribution is 2.17. The molecule has 0 saturated heterocycles. The molecule has 0 aliphatic carbocycles. The molecule has 152 valence electrons. The molecule has 7 nitrogen and oxygen atoms in total. The Balaban J connectivity index is 0.000000735. The minimum atomic E-state index is -1.06. The van der Waals surface area contributed by atoms with Crippen molar-refractivity contribution in [2.75, 3.05) is 0 Å². The molecular formula is C23H18O7. The summed E-state index contributed by atoms with van der Waals surface area (Å²) in [6.45, 7) is 1.08. The summed E-state index contributed by atoms with van der Waals surface area (Å²) in [5, 5.41) is 25.6. The van der Waals surface area contributed by atoms with Gasteiger partial charge in [-0.3, -0.25) is 14.4 Å². The van der Waals surface area contributed by atoms with Crippen LogP contribution in [-0.4, -0.2) is 38.8 Å². The van der Waals surface area contributed by atoms with Crippen molar-refractivity contribution < 1.29 is 34.5 Å². The second kappa shape index (κ2) is 9.79. The Hall–Kier alpha value is -4.26. The normalized spacial score (nSPS) is 9.77. The number of hydrogen-bond acceptors (Lipinski definition) is 5. The molecule has 3 aromatic rings. The average Bonchev–Trinajstić information content (AvgIpc) is 2.73. The lowest BCUT2D eigenvalue weighted by molar-refractivity contribution is -0.134. The summed E-state index contributed by atoms with van der Waals surface area (Å²) in [5.74, 6) is -2.40. The van der Waals surface area contributed by atoms with Gasteiger partial charge in [-0.2, -0.15) is 0 Å². The SMILES string of the molecule is CC(=O)O.O=C(O)c1ccc(C(=O)c2cccc(C(=O)c3ccc(O)cc3)c2)cc1. The quantitative estimate of drug-likeness (QED) is 0.552. The molecule has 0 spiro atoms. The summed E-state index contributed by atoms with van der Waals surface area (Å²) in [6.07, 6.45) is 0. The molecule has 0 unspecified atom stereocenters. The highest BCUT2D eigenvalue weighted by Gasteiger charge is 2.14. The van der Waals surface area contributed by atoms with Crippen LogP contribution in [-0.2, 0) is 4.79 Å². The van der Waals surface area contributed by atoms with Gasteiger partial charge in [0.15, 0.2) is 11.6 Å². The first kappa shape index (κ1) is 22.0. The summed E-state index contributed by atoms with van der Waals surface area (Å²) in [5.41, 5.74) is 1.52. The summed E-state index contributed by atoms with van der Waals surface area (Å²) in [6, 6.07) is 17.8. The molecule has 3 N–H and O–H groups in total. The number of hydrogen-bond donors (Lipinski definition) is 3. The number of carboxylic acid groups (broad SMARTS) is 2. The average molecular weight is 406 g/mol. The zero-order valence-electron chi connectivity index (χ0n) is 15.9. The van der Waals surface area contributed by atoms with Gasteiger partial charge in [0.05, 0.1) is 5.56 Å². The third-order valence-electron chi connectivity index (χ3n) is 3.91. The van der Waals surface area contributed by atoms with Crippen molar-refractivity contribution in [2.45, 2.75) is 6.92 Å². The Morgan fingerprint density at radius 1 is 0.600 bits per heavy atom. The molecule has 30 heavy (non-hydrogen) atoms. The summed E-state index contributed by atoms with van der Waals surface area (Å²) < 4.78 is 0. The van der Waals surface area contributed by atoms with Crippen LogP contribution in [0.25, 0.3) is 0 Å². The van der Waals surface area contributed by atoms with Crippen LogP contribution in [0.2, 0.25) is 0 Å². The van der Waals surface area contributed by atoms with Gasteiger partial charge in [-0.25, -0.2) is 4.79 Å². The van der Waals surface area contributed by atoms with E-state index in [0.29, 0.717) is 22.3 Å². The largest absolute Gasteiger partial charge is 0.508 e. The minimum absolute atomic E-state index is 0.0651. The summed E-state index contributed by atoms with van der Waals surface area (Å²) >= 11 is 0. The molecule has 0 heterocycles. The van der Waals surface area contributed by atoms with E-state index in [0.717, 1.165) is 6.92 Å². The van der Waals surface area contributed by atoms with Crippen molar-refractivity contribution in [1.29, 1.82) is 0 Å². The fourth-order valence-corrected chi connectivity index (χ4v) is 2.51. The van der Waals surface area contributed by atoms with Crippen molar-refractivity contribution in [3.05, 3.63) is 101 Å². The van der Waals surface area contributed by atoms with E-state index in [1.807, 2.05) is 0 Å². The van der Waals surface area contributed by atoms with Gasteiger partial charge in [-0.05, 0) is 42.5 Å².